The van der Waals surface area contributed by atoms with Gasteiger partial charge in [0.15, 0.2) is 0 Å². The standard InChI is InChI=1S/C7H14S/c1-3-7-4-5-8-6(7)2/h6-7H,3-5H2,1-2H3. The summed E-state index contributed by atoms with van der Waals surface area (Å²) in [5.74, 6) is 2.43. The van der Waals surface area contributed by atoms with Crippen molar-refractivity contribution in [2.24, 2.45) is 5.92 Å². The molecule has 0 radical (unpaired) electrons. The Kier molecular flexibility index (Phi) is 2.24. The molecule has 0 aliphatic carbocycles. The summed E-state index contributed by atoms with van der Waals surface area (Å²) in [6, 6.07) is 0. The van der Waals surface area contributed by atoms with Crippen molar-refractivity contribution in [3.8, 4) is 0 Å². The van der Waals surface area contributed by atoms with Crippen molar-refractivity contribution in [2.75, 3.05) is 5.75 Å². The molecule has 1 fully saturated rings. The highest BCUT2D eigenvalue weighted by molar-refractivity contribution is 8.00. The lowest BCUT2D eigenvalue weighted by Gasteiger charge is -2.09. The normalized spacial score (nSPS) is 38.2. The first-order chi connectivity index (χ1) is 3.84. The van der Waals surface area contributed by atoms with Crippen molar-refractivity contribution in [1.29, 1.82) is 0 Å². The Morgan fingerprint density at radius 3 is 2.62 bits per heavy atom. The highest BCUT2D eigenvalue weighted by Gasteiger charge is 2.21. The van der Waals surface area contributed by atoms with Crippen LogP contribution < -0.4 is 0 Å². The lowest BCUT2D eigenvalue weighted by molar-refractivity contribution is 0.515. The summed E-state index contributed by atoms with van der Waals surface area (Å²) in [6.45, 7) is 4.65. The molecule has 0 aromatic heterocycles. The van der Waals surface area contributed by atoms with Crippen LogP contribution in [0.25, 0.3) is 0 Å². The van der Waals surface area contributed by atoms with E-state index in [0.29, 0.717) is 0 Å². The van der Waals surface area contributed by atoms with Gasteiger partial charge in [-0.05, 0) is 18.1 Å². The molecule has 0 spiro atoms. The van der Waals surface area contributed by atoms with Gasteiger partial charge in [-0.2, -0.15) is 11.8 Å². The smallest absolute Gasteiger partial charge is 0.00471 e. The maximum absolute atomic E-state index is 2.35. The first-order valence-corrected chi connectivity index (χ1v) is 4.51. The highest BCUT2D eigenvalue weighted by Crippen LogP contribution is 2.33. The van der Waals surface area contributed by atoms with Gasteiger partial charge in [0.1, 0.15) is 0 Å². The van der Waals surface area contributed by atoms with E-state index in [1.54, 1.807) is 0 Å². The van der Waals surface area contributed by atoms with Crippen molar-refractivity contribution in [2.45, 2.75) is 31.9 Å². The number of hydrogen-bond donors (Lipinski definition) is 0. The predicted octanol–water partition coefficient (Wildman–Crippen LogP) is 2.54. The summed E-state index contributed by atoms with van der Waals surface area (Å²) < 4.78 is 0. The Hall–Kier alpha value is 0.350. The molecule has 0 N–H and O–H groups in total. The van der Waals surface area contributed by atoms with Gasteiger partial charge in [-0.3, -0.25) is 0 Å². The second kappa shape index (κ2) is 2.77. The van der Waals surface area contributed by atoms with Crippen molar-refractivity contribution < 1.29 is 0 Å². The highest BCUT2D eigenvalue weighted by atomic mass is 32.2. The second-order valence-corrected chi connectivity index (χ2v) is 4.02. The van der Waals surface area contributed by atoms with Crippen LogP contribution in [0.3, 0.4) is 0 Å². The van der Waals surface area contributed by atoms with Crippen molar-refractivity contribution in [3.63, 3.8) is 0 Å². The van der Waals surface area contributed by atoms with Gasteiger partial charge in [0.2, 0.25) is 0 Å². The topological polar surface area (TPSA) is 0 Å². The molecule has 0 aromatic rings. The molecule has 0 amide bonds. The van der Waals surface area contributed by atoms with Crippen LogP contribution in [0.1, 0.15) is 26.7 Å². The Balaban J connectivity index is 2.30. The Labute approximate surface area is 56.0 Å². The third-order valence-corrected chi connectivity index (χ3v) is 3.44. The molecular formula is C7H14S. The van der Waals surface area contributed by atoms with Gasteiger partial charge >= 0.3 is 0 Å². The summed E-state index contributed by atoms with van der Waals surface area (Å²) in [7, 11) is 0. The number of hydrogen-bond acceptors (Lipinski definition) is 1. The molecule has 48 valence electrons. The minimum atomic E-state index is 0.944. The van der Waals surface area contributed by atoms with Crippen molar-refractivity contribution in [3.05, 3.63) is 0 Å². The van der Waals surface area contributed by atoms with E-state index in [2.05, 4.69) is 25.6 Å². The Bertz CT molecular complexity index is 70.8. The quantitative estimate of drug-likeness (QED) is 0.525. The van der Waals surface area contributed by atoms with Crippen LogP contribution in [0.5, 0.6) is 0 Å². The molecular weight excluding hydrogens is 116 g/mol. The van der Waals surface area contributed by atoms with Gasteiger partial charge in [0, 0.05) is 5.25 Å². The van der Waals surface area contributed by atoms with Crippen LogP contribution in [0.15, 0.2) is 0 Å². The first-order valence-electron chi connectivity index (χ1n) is 3.46. The zero-order valence-corrected chi connectivity index (χ0v) is 6.50. The molecule has 2 atom stereocenters. The lowest BCUT2D eigenvalue weighted by Crippen LogP contribution is -2.04. The second-order valence-electron chi connectivity index (χ2n) is 2.53. The van der Waals surface area contributed by atoms with E-state index in [-0.39, 0.29) is 0 Å². The number of thioether (sulfide) groups is 1. The van der Waals surface area contributed by atoms with Gasteiger partial charge in [0.05, 0.1) is 0 Å². The molecule has 1 saturated heterocycles. The molecule has 0 nitrogen and oxygen atoms in total. The SMILES string of the molecule is CCC1CCSC1C. The van der Waals surface area contributed by atoms with Gasteiger partial charge in [-0.25, -0.2) is 0 Å². The zero-order valence-electron chi connectivity index (χ0n) is 5.68. The predicted molar refractivity (Wildman–Crippen MR) is 40.3 cm³/mol. The van der Waals surface area contributed by atoms with E-state index in [0.717, 1.165) is 11.2 Å². The Morgan fingerprint density at radius 1 is 1.62 bits per heavy atom. The monoisotopic (exact) mass is 130 g/mol. The van der Waals surface area contributed by atoms with Gasteiger partial charge in [0.25, 0.3) is 0 Å². The average Bonchev–Trinajstić information content (AvgIpc) is 2.14. The third-order valence-electron chi connectivity index (χ3n) is 2.06. The minimum Gasteiger partial charge on any atom is -0.159 e. The number of rotatable bonds is 1. The average molecular weight is 130 g/mol. The summed E-state index contributed by atoms with van der Waals surface area (Å²) in [6.07, 6.45) is 2.84. The summed E-state index contributed by atoms with van der Waals surface area (Å²) in [5, 5.41) is 0.944. The molecule has 0 bridgehead atoms. The van der Waals surface area contributed by atoms with Crippen LogP contribution in [0.4, 0.5) is 0 Å². The van der Waals surface area contributed by atoms with Gasteiger partial charge < -0.3 is 0 Å². The summed E-state index contributed by atoms with van der Waals surface area (Å²) in [4.78, 5) is 0. The largest absolute Gasteiger partial charge is 0.159 e. The van der Waals surface area contributed by atoms with Gasteiger partial charge in [-0.15, -0.1) is 0 Å². The van der Waals surface area contributed by atoms with Crippen LogP contribution in [0.2, 0.25) is 0 Å². The van der Waals surface area contributed by atoms with Gasteiger partial charge in [-0.1, -0.05) is 20.3 Å². The van der Waals surface area contributed by atoms with E-state index >= 15 is 0 Å². The summed E-state index contributed by atoms with van der Waals surface area (Å²) in [5.41, 5.74) is 0. The fourth-order valence-electron chi connectivity index (χ4n) is 1.31. The zero-order chi connectivity index (χ0) is 5.98. The van der Waals surface area contributed by atoms with Crippen LogP contribution in [-0.4, -0.2) is 11.0 Å². The van der Waals surface area contributed by atoms with E-state index in [1.165, 1.54) is 18.6 Å². The molecule has 1 heteroatoms. The van der Waals surface area contributed by atoms with E-state index in [4.69, 9.17) is 0 Å². The molecule has 2 unspecified atom stereocenters. The Morgan fingerprint density at radius 2 is 2.38 bits per heavy atom. The van der Waals surface area contributed by atoms with Crippen LogP contribution in [0, 0.1) is 5.92 Å². The van der Waals surface area contributed by atoms with Crippen LogP contribution in [-0.2, 0) is 0 Å². The minimum absolute atomic E-state index is 0.944. The van der Waals surface area contributed by atoms with E-state index < -0.39 is 0 Å². The maximum atomic E-state index is 2.35. The molecule has 1 aliphatic rings. The molecule has 1 heterocycles. The van der Waals surface area contributed by atoms with Crippen LogP contribution >= 0.6 is 11.8 Å². The fourth-order valence-corrected chi connectivity index (χ4v) is 2.72. The maximum Gasteiger partial charge on any atom is 0.00471 e. The molecule has 0 saturated carbocycles. The van der Waals surface area contributed by atoms with E-state index in [1.807, 2.05) is 0 Å². The fraction of sp³-hybridized carbons (Fsp3) is 1.00. The first kappa shape index (κ1) is 6.47. The molecule has 1 rings (SSSR count). The molecule has 1 aliphatic heterocycles. The van der Waals surface area contributed by atoms with Crippen molar-refractivity contribution in [1.82, 2.24) is 0 Å². The van der Waals surface area contributed by atoms with Crippen molar-refractivity contribution >= 4 is 11.8 Å². The summed E-state index contributed by atoms with van der Waals surface area (Å²) >= 11 is 2.13. The molecule has 8 heavy (non-hydrogen) atoms. The third kappa shape index (κ3) is 1.19. The van der Waals surface area contributed by atoms with E-state index in [9.17, 15) is 0 Å². The molecule has 0 aromatic carbocycles. The lowest BCUT2D eigenvalue weighted by atomic mass is 10.0.